The van der Waals surface area contributed by atoms with E-state index in [0.29, 0.717) is 39.1 Å². The first kappa shape index (κ1) is 24.5. The monoisotopic (exact) mass is 547 g/mol. The summed E-state index contributed by atoms with van der Waals surface area (Å²) in [7, 11) is -3.47. The van der Waals surface area contributed by atoms with Crippen molar-refractivity contribution in [2.75, 3.05) is 12.0 Å². The highest BCUT2D eigenvalue weighted by atomic mass is 32.2. The smallest absolute Gasteiger partial charge is 0.209 e. The van der Waals surface area contributed by atoms with Crippen LogP contribution in [0.1, 0.15) is 5.56 Å². The maximum atomic E-state index is 15.8. The lowest BCUT2D eigenvalue weighted by molar-refractivity contribution is 0.586. The van der Waals surface area contributed by atoms with Gasteiger partial charge in [-0.25, -0.2) is 31.9 Å². The summed E-state index contributed by atoms with van der Waals surface area (Å²) in [6.07, 6.45) is 6.86. The number of hydrogen-bond acceptors (Lipinski definition) is 8. The Morgan fingerprint density at radius 3 is 2.67 bits per heavy atom. The third-order valence-electron chi connectivity index (χ3n) is 5.99. The molecule has 1 aromatic carbocycles. The number of sulfonamides is 1. The molecule has 0 bridgehead atoms. The van der Waals surface area contributed by atoms with E-state index >= 15 is 4.39 Å². The number of aromatic amines is 2. The van der Waals surface area contributed by atoms with Crippen molar-refractivity contribution in [2.45, 2.75) is 6.54 Å². The van der Waals surface area contributed by atoms with Crippen LogP contribution in [0.25, 0.3) is 56.0 Å². The Bertz CT molecular complexity index is 2000. The molecule has 11 nitrogen and oxygen atoms in total. The summed E-state index contributed by atoms with van der Waals surface area (Å²) in [5.74, 6) is -0.908. The van der Waals surface area contributed by atoms with Crippen molar-refractivity contribution in [3.63, 3.8) is 0 Å². The van der Waals surface area contributed by atoms with Crippen LogP contribution in [-0.4, -0.2) is 49.8 Å². The molecule has 6 rings (SSSR count). The summed E-state index contributed by atoms with van der Waals surface area (Å²) in [5.41, 5.74) is 9.33. The predicted molar refractivity (Wildman–Crippen MR) is 141 cm³/mol. The number of halogens is 2. The Labute approximate surface area is 219 Å². The molecule has 5 aromatic heterocycles. The van der Waals surface area contributed by atoms with E-state index in [1.807, 2.05) is 0 Å². The Hall–Kier alpha value is -4.82. The zero-order valence-corrected chi connectivity index (χ0v) is 21.0. The maximum absolute atomic E-state index is 15.8. The van der Waals surface area contributed by atoms with Gasteiger partial charge in [-0.2, -0.15) is 5.10 Å². The van der Waals surface area contributed by atoms with Gasteiger partial charge in [0.1, 0.15) is 22.8 Å². The second kappa shape index (κ2) is 9.18. The molecule has 5 N–H and O–H groups in total. The van der Waals surface area contributed by atoms with E-state index in [2.05, 4.69) is 39.8 Å². The van der Waals surface area contributed by atoms with Crippen LogP contribution in [0.3, 0.4) is 0 Å². The topological polar surface area (TPSA) is 168 Å². The molecule has 5 heterocycles. The second-order valence-electron chi connectivity index (χ2n) is 8.87. The molecule has 0 aliphatic rings. The SMILES string of the molecule is CS(=O)(=O)NCc1cc(F)cc(-c2nccc3[nH]c(-c4n[nH]c5ncc(-c6cncc(N)c6)c(F)c45)nc23)c1. The van der Waals surface area contributed by atoms with E-state index in [9.17, 15) is 12.8 Å². The highest BCUT2D eigenvalue weighted by Crippen LogP contribution is 2.34. The lowest BCUT2D eigenvalue weighted by atomic mass is 10.1. The number of pyridine rings is 3. The molecule has 196 valence electrons. The lowest BCUT2D eigenvalue weighted by Crippen LogP contribution is -2.21. The number of nitrogen functional groups attached to an aromatic ring is 1. The lowest BCUT2D eigenvalue weighted by Gasteiger charge is -2.07. The first-order chi connectivity index (χ1) is 18.7. The molecule has 0 unspecified atom stereocenters. The van der Waals surface area contributed by atoms with Gasteiger partial charge >= 0.3 is 0 Å². The third-order valence-corrected chi connectivity index (χ3v) is 6.66. The number of H-pyrrole nitrogens is 2. The Kier molecular flexibility index (Phi) is 5.77. The predicted octanol–water partition coefficient (Wildman–Crippen LogP) is 3.53. The number of nitrogens with one attached hydrogen (secondary N) is 3. The van der Waals surface area contributed by atoms with E-state index in [1.54, 1.807) is 18.2 Å². The van der Waals surface area contributed by atoms with Crippen LogP contribution in [0.4, 0.5) is 14.5 Å². The van der Waals surface area contributed by atoms with Crippen molar-refractivity contribution in [3.8, 4) is 33.9 Å². The van der Waals surface area contributed by atoms with E-state index < -0.39 is 21.7 Å². The van der Waals surface area contributed by atoms with Crippen LogP contribution in [0, 0.1) is 11.6 Å². The molecule has 0 saturated carbocycles. The molecule has 0 aliphatic carbocycles. The molecular weight excluding hydrogens is 528 g/mol. The molecule has 0 amide bonds. The molecule has 0 fully saturated rings. The highest BCUT2D eigenvalue weighted by Gasteiger charge is 2.22. The van der Waals surface area contributed by atoms with Crippen LogP contribution < -0.4 is 10.5 Å². The van der Waals surface area contributed by atoms with Gasteiger partial charge in [-0.1, -0.05) is 0 Å². The number of rotatable bonds is 6. The number of nitrogens with zero attached hydrogens (tertiary/aromatic N) is 5. The Balaban J connectivity index is 1.46. The number of nitrogens with two attached hydrogens (primary N) is 1. The summed E-state index contributed by atoms with van der Waals surface area (Å²) in [5, 5.41) is 7.09. The van der Waals surface area contributed by atoms with Gasteiger partial charge in [0.2, 0.25) is 10.0 Å². The number of benzene rings is 1. The minimum atomic E-state index is -3.47. The minimum Gasteiger partial charge on any atom is -0.397 e. The van der Waals surface area contributed by atoms with Crippen molar-refractivity contribution < 1.29 is 17.2 Å². The molecule has 0 spiro atoms. The van der Waals surface area contributed by atoms with E-state index in [1.165, 1.54) is 36.9 Å². The second-order valence-corrected chi connectivity index (χ2v) is 10.7. The molecule has 0 radical (unpaired) electrons. The average Bonchev–Trinajstić information content (AvgIpc) is 3.51. The van der Waals surface area contributed by atoms with Gasteiger partial charge in [0.25, 0.3) is 0 Å². The normalized spacial score (nSPS) is 12.0. The van der Waals surface area contributed by atoms with Crippen LogP contribution in [0.5, 0.6) is 0 Å². The van der Waals surface area contributed by atoms with Gasteiger partial charge < -0.3 is 10.7 Å². The molecule has 39 heavy (non-hydrogen) atoms. The molecular formula is C25H19F2N9O2S. The van der Waals surface area contributed by atoms with Crippen molar-refractivity contribution in [3.05, 3.63) is 72.3 Å². The zero-order chi connectivity index (χ0) is 27.3. The Morgan fingerprint density at radius 2 is 1.87 bits per heavy atom. The number of aromatic nitrogens is 7. The molecule has 14 heteroatoms. The molecule has 0 atom stereocenters. The number of anilines is 1. The van der Waals surface area contributed by atoms with Crippen LogP contribution in [-0.2, 0) is 16.6 Å². The first-order valence-electron chi connectivity index (χ1n) is 11.5. The van der Waals surface area contributed by atoms with Gasteiger partial charge in [-0.15, -0.1) is 0 Å². The van der Waals surface area contributed by atoms with Crippen molar-refractivity contribution in [1.29, 1.82) is 0 Å². The number of imidazole rings is 1. The van der Waals surface area contributed by atoms with Crippen LogP contribution >= 0.6 is 0 Å². The minimum absolute atomic E-state index is 0.0954. The van der Waals surface area contributed by atoms with Gasteiger partial charge in [0, 0.05) is 48.0 Å². The third kappa shape index (κ3) is 4.66. The van der Waals surface area contributed by atoms with E-state index in [4.69, 9.17) is 5.73 Å². The largest absolute Gasteiger partial charge is 0.397 e. The highest BCUT2D eigenvalue weighted by molar-refractivity contribution is 7.88. The summed E-state index contributed by atoms with van der Waals surface area (Å²) >= 11 is 0. The zero-order valence-electron chi connectivity index (χ0n) is 20.2. The summed E-state index contributed by atoms with van der Waals surface area (Å²) < 4.78 is 55.6. The van der Waals surface area contributed by atoms with Gasteiger partial charge in [-0.05, 0) is 35.9 Å². The fraction of sp³-hybridized carbons (Fsp3) is 0.0800. The summed E-state index contributed by atoms with van der Waals surface area (Å²) in [6.45, 7) is -0.0954. The van der Waals surface area contributed by atoms with E-state index in [0.717, 1.165) is 6.26 Å². The summed E-state index contributed by atoms with van der Waals surface area (Å²) in [4.78, 5) is 20.5. The number of fused-ring (bicyclic) bond motifs is 2. The average molecular weight is 548 g/mol. The van der Waals surface area contributed by atoms with Crippen molar-refractivity contribution >= 4 is 37.8 Å². The molecule has 0 saturated heterocycles. The first-order valence-corrected chi connectivity index (χ1v) is 13.4. The standard InChI is InChI=1S/C25H19F2N9O2S/c1-39(37,38)32-8-12-4-13(6-15(26)5-12)21-22-18(2-3-30-21)33-25(34-22)23-19-20(27)17(11-31-24(19)36-35-23)14-7-16(28)10-29-9-14/h2-7,9-11,32H,8,28H2,1H3,(H,33,34)(H,31,35,36). The fourth-order valence-corrected chi connectivity index (χ4v) is 4.72. The van der Waals surface area contributed by atoms with Crippen molar-refractivity contribution in [2.24, 2.45) is 0 Å². The van der Waals surface area contributed by atoms with Crippen molar-refractivity contribution in [1.82, 2.24) is 39.8 Å². The molecule has 0 aliphatic heterocycles. The van der Waals surface area contributed by atoms with Gasteiger partial charge in [0.05, 0.1) is 28.5 Å². The van der Waals surface area contributed by atoms with E-state index in [-0.39, 0.29) is 34.7 Å². The Morgan fingerprint density at radius 1 is 1.03 bits per heavy atom. The fourth-order valence-electron chi connectivity index (χ4n) is 4.29. The molecule has 6 aromatic rings. The van der Waals surface area contributed by atoms with Gasteiger partial charge in [-0.3, -0.25) is 15.1 Å². The summed E-state index contributed by atoms with van der Waals surface area (Å²) in [6, 6.07) is 7.40. The van der Waals surface area contributed by atoms with Crippen LogP contribution in [0.15, 0.2) is 55.1 Å². The maximum Gasteiger partial charge on any atom is 0.209 e. The van der Waals surface area contributed by atoms with Crippen LogP contribution in [0.2, 0.25) is 0 Å². The van der Waals surface area contributed by atoms with Gasteiger partial charge in [0.15, 0.2) is 11.5 Å². The number of hydrogen-bond donors (Lipinski definition) is 4. The quantitative estimate of drug-likeness (QED) is 0.246.